The van der Waals surface area contributed by atoms with Gasteiger partial charge in [-0.25, -0.2) is 0 Å². The van der Waals surface area contributed by atoms with Crippen LogP contribution in [0.15, 0.2) is 46.2 Å². The number of nitrogens with zero attached hydrogens (tertiary/aromatic N) is 2. The third kappa shape index (κ3) is 2.44. The highest BCUT2D eigenvalue weighted by Crippen LogP contribution is 2.25. The van der Waals surface area contributed by atoms with Crippen LogP contribution in [0.25, 0.3) is 11.1 Å². The highest BCUT2D eigenvalue weighted by molar-refractivity contribution is 7.71. The molecular weight excluding hydrogens is 288 g/mol. The minimum atomic E-state index is 0.352. The van der Waals surface area contributed by atoms with Gasteiger partial charge in [0, 0.05) is 10.9 Å². The van der Waals surface area contributed by atoms with Crippen molar-refractivity contribution in [2.24, 2.45) is 0 Å². The maximum atomic E-state index is 5.62. The van der Waals surface area contributed by atoms with E-state index in [-0.39, 0.29) is 0 Å². The van der Waals surface area contributed by atoms with Crippen molar-refractivity contribution in [3.05, 3.63) is 51.5 Å². The van der Waals surface area contributed by atoms with E-state index in [2.05, 4.69) is 36.4 Å². The second-order valence-electron chi connectivity index (χ2n) is 4.85. The number of aromatic nitrogens is 1. The van der Waals surface area contributed by atoms with Crippen molar-refractivity contribution in [1.82, 2.24) is 9.47 Å². The van der Waals surface area contributed by atoms with E-state index < -0.39 is 0 Å². The van der Waals surface area contributed by atoms with Crippen LogP contribution in [-0.4, -0.2) is 16.5 Å². The molecule has 1 unspecified atom stereocenters. The second kappa shape index (κ2) is 5.52. The standard InChI is InChI=1S/C15H16N2OS2/c1-11(14-8-5-9-20-14)16(2)10-17-12-6-3-4-7-13(12)18-15(17)19/h3-9,11H,10H2,1-2H3. The van der Waals surface area contributed by atoms with Gasteiger partial charge in [-0.2, -0.15) is 0 Å². The van der Waals surface area contributed by atoms with Gasteiger partial charge in [-0.15, -0.1) is 11.3 Å². The van der Waals surface area contributed by atoms with Crippen molar-refractivity contribution < 1.29 is 4.42 Å². The predicted molar refractivity (Wildman–Crippen MR) is 85.5 cm³/mol. The van der Waals surface area contributed by atoms with Gasteiger partial charge >= 0.3 is 0 Å². The third-order valence-electron chi connectivity index (χ3n) is 3.55. The highest BCUT2D eigenvalue weighted by Gasteiger charge is 2.15. The summed E-state index contributed by atoms with van der Waals surface area (Å²) in [7, 11) is 2.11. The van der Waals surface area contributed by atoms with Gasteiger partial charge in [0.05, 0.1) is 12.2 Å². The van der Waals surface area contributed by atoms with Gasteiger partial charge in [-0.05, 0) is 49.8 Å². The number of benzene rings is 1. The molecule has 3 rings (SSSR count). The molecule has 3 nitrogen and oxygen atoms in total. The molecule has 1 atom stereocenters. The molecule has 0 saturated heterocycles. The predicted octanol–water partition coefficient (Wildman–Crippen LogP) is 4.68. The molecule has 0 aliphatic rings. The average Bonchev–Trinajstić information content (AvgIpc) is 3.07. The van der Waals surface area contributed by atoms with Gasteiger partial charge < -0.3 is 4.42 Å². The van der Waals surface area contributed by atoms with Crippen LogP contribution in [0.4, 0.5) is 0 Å². The maximum Gasteiger partial charge on any atom is 0.270 e. The zero-order valence-electron chi connectivity index (χ0n) is 11.4. The van der Waals surface area contributed by atoms with Crippen molar-refractivity contribution in [3.63, 3.8) is 0 Å². The van der Waals surface area contributed by atoms with E-state index in [1.165, 1.54) is 4.88 Å². The van der Waals surface area contributed by atoms with E-state index in [4.69, 9.17) is 16.6 Å². The first-order valence-electron chi connectivity index (χ1n) is 6.49. The summed E-state index contributed by atoms with van der Waals surface area (Å²) < 4.78 is 7.66. The molecule has 3 aromatic rings. The van der Waals surface area contributed by atoms with Crippen LogP contribution >= 0.6 is 23.6 Å². The molecule has 1 aromatic carbocycles. The number of fused-ring (bicyclic) bond motifs is 1. The smallest absolute Gasteiger partial charge is 0.270 e. The van der Waals surface area contributed by atoms with Crippen molar-refractivity contribution in [2.75, 3.05) is 7.05 Å². The minimum absolute atomic E-state index is 0.352. The Hall–Kier alpha value is -1.43. The molecule has 20 heavy (non-hydrogen) atoms. The molecule has 104 valence electrons. The average molecular weight is 304 g/mol. The van der Waals surface area contributed by atoms with Crippen LogP contribution in [0.2, 0.25) is 0 Å². The van der Waals surface area contributed by atoms with Crippen LogP contribution < -0.4 is 0 Å². The van der Waals surface area contributed by atoms with Crippen molar-refractivity contribution in [3.8, 4) is 0 Å². The number of hydrogen-bond acceptors (Lipinski definition) is 4. The lowest BCUT2D eigenvalue weighted by Crippen LogP contribution is -2.24. The minimum Gasteiger partial charge on any atom is -0.429 e. The Balaban J connectivity index is 1.89. The number of para-hydroxylation sites is 2. The summed E-state index contributed by atoms with van der Waals surface area (Å²) >= 11 is 7.11. The zero-order valence-corrected chi connectivity index (χ0v) is 13.1. The zero-order chi connectivity index (χ0) is 14.1. The fraction of sp³-hybridized carbons (Fsp3) is 0.267. The molecule has 0 bridgehead atoms. The fourth-order valence-corrected chi connectivity index (χ4v) is 3.33. The number of thiophene rings is 1. The third-order valence-corrected chi connectivity index (χ3v) is 4.90. The first-order chi connectivity index (χ1) is 9.66. The first kappa shape index (κ1) is 13.5. The molecular formula is C15H16N2OS2. The lowest BCUT2D eigenvalue weighted by Gasteiger charge is -2.24. The van der Waals surface area contributed by atoms with Crippen LogP contribution in [0.1, 0.15) is 17.8 Å². The molecule has 5 heteroatoms. The molecule has 0 radical (unpaired) electrons. The topological polar surface area (TPSA) is 21.3 Å². The lowest BCUT2D eigenvalue weighted by atomic mass is 10.2. The summed E-state index contributed by atoms with van der Waals surface area (Å²) in [5, 5.41) is 2.11. The molecule has 0 saturated carbocycles. The van der Waals surface area contributed by atoms with Crippen LogP contribution in [-0.2, 0) is 6.67 Å². The Kier molecular flexibility index (Phi) is 3.74. The Morgan fingerprint density at radius 1 is 1.30 bits per heavy atom. The first-order valence-corrected chi connectivity index (χ1v) is 7.77. The Labute approximate surface area is 127 Å². The van der Waals surface area contributed by atoms with Crippen LogP contribution in [0.3, 0.4) is 0 Å². The normalized spacial score (nSPS) is 13.2. The molecule has 0 fully saturated rings. The number of oxazole rings is 1. The summed E-state index contributed by atoms with van der Waals surface area (Å²) in [5.41, 5.74) is 1.89. The largest absolute Gasteiger partial charge is 0.429 e. The monoisotopic (exact) mass is 304 g/mol. The Bertz CT molecular complexity index is 758. The lowest BCUT2D eigenvalue weighted by molar-refractivity contribution is 0.208. The van der Waals surface area contributed by atoms with Gasteiger partial charge in [0.1, 0.15) is 0 Å². The van der Waals surface area contributed by atoms with Gasteiger partial charge in [-0.3, -0.25) is 9.47 Å². The second-order valence-corrected chi connectivity index (χ2v) is 6.18. The van der Waals surface area contributed by atoms with Crippen LogP contribution in [0, 0.1) is 4.84 Å². The molecule has 0 aliphatic carbocycles. The van der Waals surface area contributed by atoms with Gasteiger partial charge in [0.2, 0.25) is 0 Å². The SMILES string of the molecule is CC(c1cccs1)N(C)Cn1c(=S)oc2ccccc21. The molecule has 0 N–H and O–H groups in total. The highest BCUT2D eigenvalue weighted by atomic mass is 32.1. The summed E-state index contributed by atoms with van der Waals surface area (Å²) in [4.78, 5) is 4.15. The van der Waals surface area contributed by atoms with E-state index in [1.807, 2.05) is 28.8 Å². The summed E-state index contributed by atoms with van der Waals surface area (Å²) in [5.74, 6) is 0. The summed E-state index contributed by atoms with van der Waals surface area (Å²) in [6.07, 6.45) is 0. The van der Waals surface area contributed by atoms with Gasteiger partial charge in [0.25, 0.3) is 4.84 Å². The van der Waals surface area contributed by atoms with Crippen LogP contribution in [0.5, 0.6) is 0 Å². The Morgan fingerprint density at radius 2 is 2.10 bits per heavy atom. The van der Waals surface area contributed by atoms with Gasteiger partial charge in [0.15, 0.2) is 5.58 Å². The molecule has 0 spiro atoms. The molecule has 0 aliphatic heterocycles. The number of rotatable bonds is 4. The van der Waals surface area contributed by atoms with E-state index in [1.54, 1.807) is 11.3 Å². The van der Waals surface area contributed by atoms with Gasteiger partial charge in [-0.1, -0.05) is 18.2 Å². The van der Waals surface area contributed by atoms with E-state index in [0.717, 1.165) is 17.8 Å². The van der Waals surface area contributed by atoms with E-state index >= 15 is 0 Å². The molecule has 0 amide bonds. The molecule has 2 aromatic heterocycles. The molecule has 2 heterocycles. The summed E-state index contributed by atoms with van der Waals surface area (Å²) in [6.45, 7) is 2.92. The summed E-state index contributed by atoms with van der Waals surface area (Å²) in [6, 6.07) is 12.6. The van der Waals surface area contributed by atoms with Crippen molar-refractivity contribution in [2.45, 2.75) is 19.6 Å². The number of hydrogen-bond donors (Lipinski definition) is 0. The van der Waals surface area contributed by atoms with Crippen molar-refractivity contribution in [1.29, 1.82) is 0 Å². The van der Waals surface area contributed by atoms with Crippen molar-refractivity contribution >= 4 is 34.7 Å². The quantitative estimate of drug-likeness (QED) is 0.653. The fourth-order valence-electron chi connectivity index (χ4n) is 2.24. The van der Waals surface area contributed by atoms with E-state index in [0.29, 0.717) is 10.9 Å². The Morgan fingerprint density at radius 3 is 2.85 bits per heavy atom. The maximum absolute atomic E-state index is 5.62. The van der Waals surface area contributed by atoms with E-state index in [9.17, 15) is 0 Å².